The molecule has 0 radical (unpaired) electrons. The minimum atomic E-state index is -0.0291. The van der Waals surface area contributed by atoms with Gasteiger partial charge >= 0.3 is 0 Å². The summed E-state index contributed by atoms with van der Waals surface area (Å²) in [5.41, 5.74) is 2.62. The van der Waals surface area contributed by atoms with Crippen LogP contribution in [0.1, 0.15) is 18.7 Å². The molecule has 0 bridgehead atoms. The van der Waals surface area contributed by atoms with Gasteiger partial charge in [-0.3, -0.25) is 9.69 Å². The molecule has 5 nitrogen and oxygen atoms in total. The number of likely N-dealkylation sites (N-methyl/N-ethyl adjacent to an activating group) is 1. The van der Waals surface area contributed by atoms with Crippen molar-refractivity contribution >= 4 is 24.8 Å². The van der Waals surface area contributed by atoms with Crippen LogP contribution in [0.5, 0.6) is 0 Å². The summed E-state index contributed by atoms with van der Waals surface area (Å²) in [7, 11) is 2.13. The molecule has 1 aromatic carbocycles. The molecular weight excluding hydrogens is 359 g/mol. The van der Waals surface area contributed by atoms with Crippen LogP contribution < -0.4 is 5.56 Å². The molecule has 1 aliphatic rings. The van der Waals surface area contributed by atoms with E-state index in [0.29, 0.717) is 0 Å². The Morgan fingerprint density at radius 3 is 2.24 bits per heavy atom. The molecule has 1 aliphatic heterocycles. The summed E-state index contributed by atoms with van der Waals surface area (Å²) in [6.07, 6.45) is -0.0291. The number of nitrogens with zero attached hydrogens (tertiary/aromatic N) is 4. The van der Waals surface area contributed by atoms with Gasteiger partial charge in [0, 0.05) is 37.3 Å². The minimum absolute atomic E-state index is 0. The van der Waals surface area contributed by atoms with Gasteiger partial charge in [-0.1, -0.05) is 30.3 Å². The first-order valence-corrected chi connectivity index (χ1v) is 8.15. The van der Waals surface area contributed by atoms with Crippen molar-refractivity contribution in [1.29, 1.82) is 0 Å². The van der Waals surface area contributed by atoms with Crippen molar-refractivity contribution in [1.82, 2.24) is 19.6 Å². The molecule has 0 saturated carbocycles. The third kappa shape index (κ3) is 4.82. The van der Waals surface area contributed by atoms with Crippen molar-refractivity contribution in [3.05, 3.63) is 52.3 Å². The number of aromatic nitrogens is 2. The summed E-state index contributed by atoms with van der Waals surface area (Å²) < 4.78 is 1.64. The Hall–Kier alpha value is -1.40. The van der Waals surface area contributed by atoms with E-state index >= 15 is 0 Å². The molecule has 0 amide bonds. The normalized spacial score (nSPS) is 16.6. The first-order chi connectivity index (χ1) is 11.1. The smallest absolute Gasteiger partial charge is 0.271 e. The maximum Gasteiger partial charge on any atom is 0.271 e. The van der Waals surface area contributed by atoms with E-state index in [1.165, 1.54) is 0 Å². The summed E-state index contributed by atoms with van der Waals surface area (Å²) in [5.74, 6) is 0. The second kappa shape index (κ2) is 9.34. The molecule has 1 atom stereocenters. The van der Waals surface area contributed by atoms with E-state index in [2.05, 4.69) is 28.9 Å². The Bertz CT molecular complexity index is 728. The molecule has 1 unspecified atom stereocenters. The zero-order valence-electron chi connectivity index (χ0n) is 14.9. The average molecular weight is 385 g/mol. The summed E-state index contributed by atoms with van der Waals surface area (Å²) in [6, 6.07) is 11.9. The van der Waals surface area contributed by atoms with Crippen molar-refractivity contribution in [3.8, 4) is 11.3 Å². The lowest BCUT2D eigenvalue weighted by atomic mass is 10.1. The van der Waals surface area contributed by atoms with E-state index in [1.54, 1.807) is 4.68 Å². The third-order valence-corrected chi connectivity index (χ3v) is 4.60. The molecule has 0 aliphatic carbocycles. The zero-order chi connectivity index (χ0) is 16.4. The number of rotatable bonds is 3. The highest BCUT2D eigenvalue weighted by Gasteiger charge is 2.22. The molecule has 1 aromatic heterocycles. The van der Waals surface area contributed by atoms with Crippen molar-refractivity contribution in [2.24, 2.45) is 0 Å². The lowest BCUT2D eigenvalue weighted by molar-refractivity contribution is 0.0765. The molecule has 25 heavy (non-hydrogen) atoms. The third-order valence-electron chi connectivity index (χ3n) is 4.60. The Morgan fingerprint density at radius 2 is 1.64 bits per heavy atom. The standard InChI is InChI=1S/C18H24N4O.2ClH/c1-14-13-17(16-7-5-4-6-8-16)19-22(18(14)23)15(2)21-11-9-20(3)10-12-21;;/h4-8,13,15H,9-12H2,1-3H3;2*1H. The van der Waals surface area contributed by atoms with Gasteiger partial charge in [0.25, 0.3) is 5.56 Å². The van der Waals surface area contributed by atoms with Crippen LogP contribution in [0.25, 0.3) is 11.3 Å². The minimum Gasteiger partial charge on any atom is -0.304 e. The van der Waals surface area contributed by atoms with Crippen molar-refractivity contribution in [2.45, 2.75) is 20.0 Å². The topological polar surface area (TPSA) is 41.4 Å². The fraction of sp³-hybridized carbons (Fsp3) is 0.444. The second-order valence-corrected chi connectivity index (χ2v) is 6.30. The molecule has 1 saturated heterocycles. The van der Waals surface area contributed by atoms with E-state index in [1.807, 2.05) is 43.3 Å². The molecular formula is C18H26Cl2N4O. The van der Waals surface area contributed by atoms with Gasteiger partial charge in [0.2, 0.25) is 0 Å². The zero-order valence-corrected chi connectivity index (χ0v) is 16.5. The highest BCUT2D eigenvalue weighted by molar-refractivity contribution is 5.85. The number of aryl methyl sites for hydroxylation is 1. The SMILES string of the molecule is Cc1cc(-c2ccccc2)nn(C(C)N2CCN(C)CC2)c1=O.Cl.Cl. The van der Waals surface area contributed by atoms with Gasteiger partial charge in [-0.05, 0) is 27.0 Å². The molecule has 3 rings (SSSR count). The van der Waals surface area contributed by atoms with Crippen molar-refractivity contribution < 1.29 is 0 Å². The van der Waals surface area contributed by atoms with Crippen LogP contribution >= 0.6 is 24.8 Å². The van der Waals surface area contributed by atoms with E-state index in [9.17, 15) is 4.79 Å². The van der Waals surface area contributed by atoms with E-state index in [0.717, 1.165) is 43.0 Å². The summed E-state index contributed by atoms with van der Waals surface area (Å²) in [5, 5.41) is 4.65. The molecule has 0 spiro atoms. The van der Waals surface area contributed by atoms with Crippen molar-refractivity contribution in [3.63, 3.8) is 0 Å². The maximum absolute atomic E-state index is 12.6. The number of hydrogen-bond donors (Lipinski definition) is 0. The predicted molar refractivity (Wildman–Crippen MR) is 107 cm³/mol. The lowest BCUT2D eigenvalue weighted by Crippen LogP contribution is -2.48. The van der Waals surface area contributed by atoms with Crippen LogP contribution in [0.15, 0.2) is 41.2 Å². The summed E-state index contributed by atoms with van der Waals surface area (Å²) in [6.45, 7) is 7.89. The van der Waals surface area contributed by atoms with Crippen LogP contribution in [-0.4, -0.2) is 52.8 Å². The van der Waals surface area contributed by atoms with Crippen LogP contribution in [-0.2, 0) is 0 Å². The fourth-order valence-electron chi connectivity index (χ4n) is 2.99. The lowest BCUT2D eigenvalue weighted by Gasteiger charge is -2.36. The Balaban J connectivity index is 0.00000156. The quantitative estimate of drug-likeness (QED) is 0.815. The van der Waals surface area contributed by atoms with Gasteiger partial charge in [-0.2, -0.15) is 5.10 Å². The van der Waals surface area contributed by atoms with Gasteiger partial charge in [0.05, 0.1) is 5.69 Å². The largest absolute Gasteiger partial charge is 0.304 e. The Kier molecular flexibility index (Phi) is 8.09. The highest BCUT2D eigenvalue weighted by atomic mass is 35.5. The van der Waals surface area contributed by atoms with Gasteiger partial charge in [0.15, 0.2) is 0 Å². The highest BCUT2D eigenvalue weighted by Crippen LogP contribution is 2.18. The van der Waals surface area contributed by atoms with E-state index in [4.69, 9.17) is 0 Å². The van der Waals surface area contributed by atoms with Crippen molar-refractivity contribution in [2.75, 3.05) is 33.2 Å². The molecule has 0 N–H and O–H groups in total. The van der Waals surface area contributed by atoms with Gasteiger partial charge in [-0.15, -0.1) is 24.8 Å². The van der Waals surface area contributed by atoms with E-state index < -0.39 is 0 Å². The number of piperazine rings is 1. The molecule has 2 heterocycles. The molecule has 1 fully saturated rings. The molecule has 2 aromatic rings. The van der Waals surface area contributed by atoms with Crippen LogP contribution in [0.2, 0.25) is 0 Å². The predicted octanol–water partition coefficient (Wildman–Crippen LogP) is 2.83. The van der Waals surface area contributed by atoms with Crippen LogP contribution in [0, 0.1) is 6.92 Å². The number of benzene rings is 1. The average Bonchev–Trinajstić information content (AvgIpc) is 2.58. The Morgan fingerprint density at radius 1 is 1.04 bits per heavy atom. The van der Waals surface area contributed by atoms with Crippen LogP contribution in [0.3, 0.4) is 0 Å². The van der Waals surface area contributed by atoms with Gasteiger partial charge in [-0.25, -0.2) is 4.68 Å². The Labute approximate surface area is 161 Å². The molecule has 7 heteroatoms. The first kappa shape index (κ1) is 21.6. The van der Waals surface area contributed by atoms with Crippen LogP contribution in [0.4, 0.5) is 0 Å². The summed E-state index contributed by atoms with van der Waals surface area (Å²) >= 11 is 0. The molecule has 138 valence electrons. The maximum atomic E-state index is 12.6. The summed E-state index contributed by atoms with van der Waals surface area (Å²) in [4.78, 5) is 17.2. The fourth-order valence-corrected chi connectivity index (χ4v) is 2.99. The van der Waals surface area contributed by atoms with Gasteiger partial charge < -0.3 is 4.90 Å². The number of hydrogen-bond acceptors (Lipinski definition) is 4. The first-order valence-electron chi connectivity index (χ1n) is 8.15. The van der Waals surface area contributed by atoms with E-state index in [-0.39, 0.29) is 36.5 Å². The second-order valence-electron chi connectivity index (χ2n) is 6.30. The number of halogens is 2. The monoisotopic (exact) mass is 384 g/mol. The van der Waals surface area contributed by atoms with Gasteiger partial charge in [0.1, 0.15) is 6.17 Å².